The first-order valence-electron chi connectivity index (χ1n) is 8.36. The summed E-state index contributed by atoms with van der Waals surface area (Å²) in [6, 6.07) is 10.5. The molecule has 0 radical (unpaired) electrons. The van der Waals surface area contributed by atoms with Crippen molar-refractivity contribution in [3.63, 3.8) is 0 Å². The Morgan fingerprint density at radius 2 is 1.65 bits per heavy atom. The summed E-state index contributed by atoms with van der Waals surface area (Å²) in [5.41, 5.74) is 2.17. The molecular formula is C18H21N3O4S. The van der Waals surface area contributed by atoms with Gasteiger partial charge in [-0.15, -0.1) is 0 Å². The SMILES string of the molecule is O=C(NCc1ccc(CS(=O)(=O)N2CCOCC2)cc1)c1ccncc1. The molecule has 3 rings (SSSR count). The van der Waals surface area contributed by atoms with E-state index in [0.717, 1.165) is 11.1 Å². The van der Waals surface area contributed by atoms with Gasteiger partial charge in [0.1, 0.15) is 0 Å². The maximum Gasteiger partial charge on any atom is 0.251 e. The molecule has 0 atom stereocenters. The maximum atomic E-state index is 12.4. The lowest BCUT2D eigenvalue weighted by atomic mass is 10.1. The molecule has 0 unspecified atom stereocenters. The topological polar surface area (TPSA) is 88.6 Å². The number of sulfonamides is 1. The molecule has 1 amide bonds. The smallest absolute Gasteiger partial charge is 0.251 e. The third kappa shape index (κ3) is 4.87. The van der Waals surface area contributed by atoms with Crippen molar-refractivity contribution in [3.05, 3.63) is 65.5 Å². The molecular weight excluding hydrogens is 354 g/mol. The zero-order valence-electron chi connectivity index (χ0n) is 14.3. The second kappa shape index (κ2) is 8.39. The Morgan fingerprint density at radius 3 is 2.31 bits per heavy atom. The van der Waals surface area contributed by atoms with Crippen LogP contribution >= 0.6 is 0 Å². The molecule has 0 bridgehead atoms. The van der Waals surface area contributed by atoms with Gasteiger partial charge in [-0.2, -0.15) is 4.31 Å². The van der Waals surface area contributed by atoms with E-state index in [2.05, 4.69) is 10.3 Å². The van der Waals surface area contributed by atoms with Crippen LogP contribution in [0.25, 0.3) is 0 Å². The highest BCUT2D eigenvalue weighted by atomic mass is 32.2. The standard InChI is InChI=1S/C18H21N3O4S/c22-18(17-5-7-19-8-6-17)20-13-15-1-3-16(4-2-15)14-26(23,24)21-9-11-25-12-10-21/h1-8H,9-14H2,(H,20,22). The first kappa shape index (κ1) is 18.5. The number of pyridine rings is 1. The van der Waals surface area contributed by atoms with E-state index in [0.29, 0.717) is 38.4 Å². The van der Waals surface area contributed by atoms with Gasteiger partial charge >= 0.3 is 0 Å². The molecule has 2 aromatic rings. The summed E-state index contributed by atoms with van der Waals surface area (Å²) in [5, 5.41) is 2.83. The number of benzene rings is 1. The summed E-state index contributed by atoms with van der Waals surface area (Å²) in [4.78, 5) is 15.9. The van der Waals surface area contributed by atoms with E-state index < -0.39 is 10.0 Å². The fraction of sp³-hybridized carbons (Fsp3) is 0.333. The van der Waals surface area contributed by atoms with Gasteiger partial charge in [-0.3, -0.25) is 9.78 Å². The van der Waals surface area contributed by atoms with Gasteiger partial charge in [-0.05, 0) is 23.3 Å². The first-order valence-corrected chi connectivity index (χ1v) is 9.97. The fourth-order valence-corrected chi connectivity index (χ4v) is 4.17. The molecule has 1 aliphatic rings. The number of carbonyl (C=O) groups excluding carboxylic acids is 1. The quantitative estimate of drug-likeness (QED) is 0.819. The van der Waals surface area contributed by atoms with Crippen LogP contribution in [0.15, 0.2) is 48.8 Å². The zero-order chi connectivity index (χ0) is 18.4. The molecule has 1 saturated heterocycles. The van der Waals surface area contributed by atoms with E-state index >= 15 is 0 Å². The monoisotopic (exact) mass is 375 g/mol. The summed E-state index contributed by atoms with van der Waals surface area (Å²) in [6.45, 7) is 2.06. The highest BCUT2D eigenvalue weighted by Crippen LogP contribution is 2.14. The number of rotatable bonds is 6. The number of amides is 1. The van der Waals surface area contributed by atoms with E-state index in [4.69, 9.17) is 4.74 Å². The number of hydrogen-bond acceptors (Lipinski definition) is 5. The van der Waals surface area contributed by atoms with E-state index in [-0.39, 0.29) is 11.7 Å². The highest BCUT2D eigenvalue weighted by Gasteiger charge is 2.24. The average molecular weight is 375 g/mol. The molecule has 1 fully saturated rings. The van der Waals surface area contributed by atoms with Crippen LogP contribution in [0.3, 0.4) is 0 Å². The van der Waals surface area contributed by atoms with E-state index in [1.54, 1.807) is 36.7 Å². The number of aromatic nitrogens is 1. The van der Waals surface area contributed by atoms with Gasteiger partial charge in [0.25, 0.3) is 5.91 Å². The fourth-order valence-electron chi connectivity index (χ4n) is 2.67. The number of hydrogen-bond donors (Lipinski definition) is 1. The largest absolute Gasteiger partial charge is 0.379 e. The third-order valence-electron chi connectivity index (χ3n) is 4.13. The van der Waals surface area contributed by atoms with E-state index in [1.807, 2.05) is 12.1 Å². The summed E-state index contributed by atoms with van der Waals surface area (Å²) in [6.07, 6.45) is 3.14. The van der Waals surface area contributed by atoms with Crippen LogP contribution in [0.1, 0.15) is 21.5 Å². The van der Waals surface area contributed by atoms with Gasteiger partial charge in [0.2, 0.25) is 10.0 Å². The van der Waals surface area contributed by atoms with Crippen LogP contribution in [0.5, 0.6) is 0 Å². The molecule has 0 aliphatic carbocycles. The molecule has 0 saturated carbocycles. The van der Waals surface area contributed by atoms with Gasteiger partial charge in [-0.25, -0.2) is 8.42 Å². The van der Waals surface area contributed by atoms with Crippen molar-refractivity contribution in [1.82, 2.24) is 14.6 Å². The molecule has 7 nitrogen and oxygen atoms in total. The van der Waals surface area contributed by atoms with Crippen molar-refractivity contribution >= 4 is 15.9 Å². The van der Waals surface area contributed by atoms with Crippen LogP contribution < -0.4 is 5.32 Å². The van der Waals surface area contributed by atoms with Crippen molar-refractivity contribution in [2.24, 2.45) is 0 Å². The number of morpholine rings is 1. The summed E-state index contributed by atoms with van der Waals surface area (Å²) in [7, 11) is -3.33. The predicted octanol–water partition coefficient (Wildman–Crippen LogP) is 1.17. The molecule has 2 heterocycles. The van der Waals surface area contributed by atoms with Crippen LogP contribution in [0.2, 0.25) is 0 Å². The average Bonchev–Trinajstić information content (AvgIpc) is 2.68. The van der Waals surface area contributed by atoms with Gasteiger partial charge in [0.05, 0.1) is 19.0 Å². The number of carbonyl (C=O) groups is 1. The molecule has 1 aromatic carbocycles. The Bertz CT molecular complexity index is 832. The minimum atomic E-state index is -3.33. The van der Waals surface area contributed by atoms with Gasteiger partial charge in [0, 0.05) is 37.6 Å². The lowest BCUT2D eigenvalue weighted by molar-refractivity contribution is 0.0729. The normalized spacial score (nSPS) is 15.5. The predicted molar refractivity (Wildman–Crippen MR) is 96.9 cm³/mol. The van der Waals surface area contributed by atoms with Gasteiger partial charge < -0.3 is 10.1 Å². The van der Waals surface area contributed by atoms with Crippen LogP contribution in [0.4, 0.5) is 0 Å². The Balaban J connectivity index is 1.55. The third-order valence-corrected chi connectivity index (χ3v) is 5.98. The molecule has 1 aliphatic heterocycles. The van der Waals surface area contributed by atoms with Crippen molar-refractivity contribution in [1.29, 1.82) is 0 Å². The Morgan fingerprint density at radius 1 is 1.04 bits per heavy atom. The number of nitrogens with zero attached hydrogens (tertiary/aromatic N) is 2. The number of nitrogens with one attached hydrogen (secondary N) is 1. The number of ether oxygens (including phenoxy) is 1. The lowest BCUT2D eigenvalue weighted by Gasteiger charge is -2.26. The van der Waals surface area contributed by atoms with Crippen LogP contribution in [-0.4, -0.2) is 49.9 Å². The minimum Gasteiger partial charge on any atom is -0.379 e. The van der Waals surface area contributed by atoms with Gasteiger partial charge in [-0.1, -0.05) is 24.3 Å². The molecule has 26 heavy (non-hydrogen) atoms. The van der Waals surface area contributed by atoms with Crippen molar-refractivity contribution < 1.29 is 17.9 Å². The second-order valence-electron chi connectivity index (χ2n) is 6.00. The van der Waals surface area contributed by atoms with E-state index in [1.165, 1.54) is 4.31 Å². The first-order chi connectivity index (χ1) is 12.5. The van der Waals surface area contributed by atoms with Crippen molar-refractivity contribution in [3.8, 4) is 0 Å². The maximum absolute atomic E-state index is 12.4. The molecule has 1 N–H and O–H groups in total. The van der Waals surface area contributed by atoms with Gasteiger partial charge in [0.15, 0.2) is 0 Å². The minimum absolute atomic E-state index is 0.0311. The molecule has 1 aromatic heterocycles. The molecule has 0 spiro atoms. The molecule has 8 heteroatoms. The molecule has 138 valence electrons. The van der Waals surface area contributed by atoms with Crippen molar-refractivity contribution in [2.45, 2.75) is 12.3 Å². The van der Waals surface area contributed by atoms with E-state index in [9.17, 15) is 13.2 Å². The zero-order valence-corrected chi connectivity index (χ0v) is 15.1. The Kier molecular flexibility index (Phi) is 5.97. The van der Waals surface area contributed by atoms with Crippen molar-refractivity contribution in [2.75, 3.05) is 26.3 Å². The summed E-state index contributed by atoms with van der Waals surface area (Å²) in [5.74, 6) is -0.206. The summed E-state index contributed by atoms with van der Waals surface area (Å²) < 4.78 is 31.5. The Labute approximate surface area is 153 Å². The lowest BCUT2D eigenvalue weighted by Crippen LogP contribution is -2.41. The van der Waals surface area contributed by atoms with Crippen LogP contribution in [0, 0.1) is 0 Å². The summed E-state index contributed by atoms with van der Waals surface area (Å²) >= 11 is 0. The Hall–Kier alpha value is -2.29. The van der Waals surface area contributed by atoms with Crippen LogP contribution in [-0.2, 0) is 27.1 Å². The highest BCUT2D eigenvalue weighted by molar-refractivity contribution is 7.88. The second-order valence-corrected chi connectivity index (χ2v) is 7.97.